The van der Waals surface area contributed by atoms with Crippen LogP contribution < -0.4 is 4.74 Å². The van der Waals surface area contributed by atoms with Crippen molar-refractivity contribution in [3.8, 4) is 22.6 Å². The molecule has 0 heterocycles. The van der Waals surface area contributed by atoms with Gasteiger partial charge >= 0.3 is 0 Å². The summed E-state index contributed by atoms with van der Waals surface area (Å²) in [6, 6.07) is 34.0. The number of hydrogen-bond acceptors (Lipinski definition) is 5. The number of benzene rings is 5. The molecule has 5 nitrogen and oxygen atoms in total. The summed E-state index contributed by atoms with van der Waals surface area (Å²) < 4.78 is 60.3. The number of sulfone groups is 2. The van der Waals surface area contributed by atoms with E-state index < -0.39 is 19.7 Å². The van der Waals surface area contributed by atoms with Crippen LogP contribution in [0.5, 0.6) is 11.5 Å². The lowest BCUT2D eigenvalue weighted by molar-refractivity contribution is 0.482. The first kappa shape index (κ1) is 25.7. The molecule has 0 aliphatic heterocycles. The van der Waals surface area contributed by atoms with E-state index in [0.29, 0.717) is 27.6 Å². The average molecular weight is 561 g/mol. The number of halogens is 1. The third-order valence-electron chi connectivity index (χ3n) is 5.87. The third kappa shape index (κ3) is 5.22. The van der Waals surface area contributed by atoms with Gasteiger partial charge in [0.15, 0.2) is 0 Å². The summed E-state index contributed by atoms with van der Waals surface area (Å²) in [6.07, 6.45) is 0. The maximum Gasteiger partial charge on any atom is 0.207 e. The van der Waals surface area contributed by atoms with Crippen LogP contribution in [0, 0.1) is 0 Å². The molecule has 0 aromatic heterocycles. The summed E-state index contributed by atoms with van der Waals surface area (Å²) in [4.78, 5) is -0.228. The minimum atomic E-state index is -4.08. The lowest BCUT2D eigenvalue weighted by atomic mass is 10.1. The first-order valence-corrected chi connectivity index (χ1v) is 14.9. The Hall–Kier alpha value is -3.91. The van der Waals surface area contributed by atoms with Gasteiger partial charge in [0.2, 0.25) is 19.7 Å². The Kier molecular flexibility index (Phi) is 7.08. The Morgan fingerprint density at radius 3 is 1.63 bits per heavy atom. The van der Waals surface area contributed by atoms with Crippen LogP contribution >= 0.6 is 11.6 Å². The molecule has 0 saturated carbocycles. The molecule has 5 aromatic carbocycles. The van der Waals surface area contributed by atoms with Gasteiger partial charge < -0.3 is 4.74 Å². The fourth-order valence-electron chi connectivity index (χ4n) is 3.94. The van der Waals surface area contributed by atoms with Crippen molar-refractivity contribution in [3.63, 3.8) is 0 Å². The lowest BCUT2D eigenvalue weighted by Crippen LogP contribution is -2.08. The number of hydrogen-bond donors (Lipinski definition) is 0. The molecule has 5 rings (SSSR count). The van der Waals surface area contributed by atoms with Crippen LogP contribution in [-0.4, -0.2) is 16.8 Å². The third-order valence-corrected chi connectivity index (χ3v) is 9.70. The summed E-state index contributed by atoms with van der Waals surface area (Å²) in [5.74, 6) is 1.09. The zero-order valence-electron chi connectivity index (χ0n) is 19.9. The molecule has 0 spiro atoms. The van der Waals surface area contributed by atoms with E-state index in [0.717, 1.165) is 0 Å². The Balaban J connectivity index is 1.58. The van der Waals surface area contributed by atoms with Crippen molar-refractivity contribution in [2.75, 3.05) is 0 Å². The van der Waals surface area contributed by atoms with Crippen LogP contribution in [0.3, 0.4) is 0 Å². The van der Waals surface area contributed by atoms with E-state index in [-0.39, 0.29) is 19.6 Å². The van der Waals surface area contributed by atoms with E-state index in [4.69, 9.17) is 16.3 Å². The molecule has 0 radical (unpaired) electrons. The van der Waals surface area contributed by atoms with Gasteiger partial charge in [-0.15, -0.1) is 0 Å². The van der Waals surface area contributed by atoms with Crippen molar-refractivity contribution < 1.29 is 21.6 Å². The highest BCUT2D eigenvalue weighted by Crippen LogP contribution is 2.35. The van der Waals surface area contributed by atoms with Gasteiger partial charge in [0, 0.05) is 10.6 Å². The van der Waals surface area contributed by atoms with Gasteiger partial charge in [0.05, 0.1) is 19.6 Å². The average Bonchev–Trinajstić information content (AvgIpc) is 2.94. The number of para-hydroxylation sites is 1. The van der Waals surface area contributed by atoms with Crippen LogP contribution in [0.15, 0.2) is 147 Å². The van der Waals surface area contributed by atoms with Gasteiger partial charge in [-0.05, 0) is 78.4 Å². The van der Waals surface area contributed by atoms with Crippen molar-refractivity contribution in [1.29, 1.82) is 0 Å². The van der Waals surface area contributed by atoms with Gasteiger partial charge in [-0.25, -0.2) is 16.8 Å². The molecule has 8 heteroatoms. The summed E-state index contributed by atoms with van der Waals surface area (Å²) in [5.41, 5.74) is 1.04. The normalized spacial score (nSPS) is 11.7. The van der Waals surface area contributed by atoms with Crippen molar-refractivity contribution >= 4 is 31.3 Å². The van der Waals surface area contributed by atoms with Gasteiger partial charge in [-0.3, -0.25) is 0 Å². The van der Waals surface area contributed by atoms with E-state index in [2.05, 4.69) is 0 Å². The summed E-state index contributed by atoms with van der Waals surface area (Å²) in [7, 11) is -8.12. The van der Waals surface area contributed by atoms with E-state index >= 15 is 0 Å². The fraction of sp³-hybridized carbons (Fsp3) is 0. The second-order valence-electron chi connectivity index (χ2n) is 8.37. The lowest BCUT2D eigenvalue weighted by Gasteiger charge is -2.14. The van der Waals surface area contributed by atoms with Gasteiger partial charge in [0.25, 0.3) is 0 Å². The van der Waals surface area contributed by atoms with Crippen molar-refractivity contribution in [1.82, 2.24) is 0 Å². The molecule has 0 N–H and O–H groups in total. The maximum atomic E-state index is 13.7. The zero-order chi connectivity index (χ0) is 26.8. The van der Waals surface area contributed by atoms with E-state index in [9.17, 15) is 16.8 Å². The molecule has 190 valence electrons. The van der Waals surface area contributed by atoms with Crippen LogP contribution in [0.25, 0.3) is 11.1 Å². The molecule has 0 fully saturated rings. The maximum absolute atomic E-state index is 13.7. The first-order valence-electron chi connectivity index (χ1n) is 11.5. The minimum absolute atomic E-state index is 0.0102. The largest absolute Gasteiger partial charge is 0.457 e. The van der Waals surface area contributed by atoms with Crippen molar-refractivity contribution in [2.45, 2.75) is 19.6 Å². The molecular formula is C30H21ClO5S2. The Labute approximate surface area is 226 Å². The van der Waals surface area contributed by atoms with E-state index in [1.807, 2.05) is 24.3 Å². The molecule has 0 atom stereocenters. The Morgan fingerprint density at radius 1 is 0.500 bits per heavy atom. The molecular weight excluding hydrogens is 540 g/mol. The molecule has 38 heavy (non-hydrogen) atoms. The fourth-order valence-corrected chi connectivity index (χ4v) is 6.93. The molecule has 0 aliphatic rings. The van der Waals surface area contributed by atoms with Crippen LogP contribution in [0.4, 0.5) is 0 Å². The van der Waals surface area contributed by atoms with E-state index in [1.165, 1.54) is 54.6 Å². The predicted octanol–water partition coefficient (Wildman–Crippen LogP) is 7.46. The summed E-state index contributed by atoms with van der Waals surface area (Å²) in [5, 5.41) is 0.392. The molecule has 0 amide bonds. The van der Waals surface area contributed by atoms with Crippen LogP contribution in [0.2, 0.25) is 5.02 Å². The van der Waals surface area contributed by atoms with Crippen LogP contribution in [-0.2, 0) is 19.7 Å². The first-order chi connectivity index (χ1) is 18.2. The minimum Gasteiger partial charge on any atom is -0.457 e. The van der Waals surface area contributed by atoms with E-state index in [1.54, 1.807) is 48.5 Å². The second-order valence-corrected chi connectivity index (χ2v) is 12.7. The van der Waals surface area contributed by atoms with Crippen molar-refractivity contribution in [2.24, 2.45) is 0 Å². The Bertz CT molecular complexity index is 1790. The van der Waals surface area contributed by atoms with Gasteiger partial charge in [-0.1, -0.05) is 66.2 Å². The molecule has 0 saturated heterocycles. The quantitative estimate of drug-likeness (QED) is 0.206. The molecule has 0 bridgehead atoms. The van der Waals surface area contributed by atoms with Gasteiger partial charge in [0.1, 0.15) is 11.5 Å². The SMILES string of the molecule is O=S(=O)(c1ccc(Oc2ccccc2)cc1)c1ccc(-c2ccccc2)c(S(=O)(=O)c2ccc(Cl)cc2)c1. The highest BCUT2D eigenvalue weighted by molar-refractivity contribution is 7.92. The number of ether oxygens (including phenoxy) is 1. The van der Waals surface area contributed by atoms with Gasteiger partial charge in [-0.2, -0.15) is 0 Å². The highest BCUT2D eigenvalue weighted by atomic mass is 35.5. The standard InChI is InChI=1S/C30H21ClO5S2/c31-23-11-15-27(16-12-23)38(34,35)30-21-28(19-20-29(30)22-7-3-1-4-8-22)37(32,33)26-17-13-25(14-18-26)36-24-9-5-2-6-10-24/h1-21H. The van der Waals surface area contributed by atoms with Crippen molar-refractivity contribution in [3.05, 3.63) is 132 Å². The smallest absolute Gasteiger partial charge is 0.207 e. The topological polar surface area (TPSA) is 77.5 Å². The molecule has 0 aliphatic carbocycles. The summed E-state index contributed by atoms with van der Waals surface area (Å²) >= 11 is 5.96. The zero-order valence-corrected chi connectivity index (χ0v) is 22.2. The molecule has 5 aromatic rings. The predicted molar refractivity (Wildman–Crippen MR) is 147 cm³/mol. The molecule has 0 unspecified atom stereocenters. The van der Waals surface area contributed by atoms with Crippen LogP contribution in [0.1, 0.15) is 0 Å². The highest BCUT2D eigenvalue weighted by Gasteiger charge is 2.26. The number of rotatable bonds is 7. The second kappa shape index (κ2) is 10.5. The Morgan fingerprint density at radius 2 is 1.00 bits per heavy atom. The monoisotopic (exact) mass is 560 g/mol. The summed E-state index contributed by atoms with van der Waals surface area (Å²) in [6.45, 7) is 0.